The molecule has 2 heteroatoms. The zero-order chi connectivity index (χ0) is 37.3. The Balaban J connectivity index is 1.23. The molecule has 7 aromatic rings. The molecule has 55 heavy (non-hydrogen) atoms. The normalized spacial score (nSPS) is 16.7. The van der Waals surface area contributed by atoms with E-state index in [1.54, 1.807) is 0 Å². The lowest BCUT2D eigenvalue weighted by Gasteiger charge is -2.37. The van der Waals surface area contributed by atoms with Gasteiger partial charge in [-0.2, -0.15) is 0 Å². The number of benzene rings is 7. The number of hydrogen-bond donors (Lipinski definition) is 0. The molecule has 0 bridgehead atoms. The van der Waals surface area contributed by atoms with Gasteiger partial charge in [0.05, 0.1) is 5.41 Å². The van der Waals surface area contributed by atoms with Gasteiger partial charge in [-0.3, -0.25) is 0 Å². The number of allylic oxidation sites excluding steroid dienone is 4. The Bertz CT molecular complexity index is 2390. The van der Waals surface area contributed by atoms with Gasteiger partial charge in [0.2, 0.25) is 0 Å². The maximum Gasteiger partial charge on any atom is 0.0539 e. The van der Waals surface area contributed by atoms with Crippen molar-refractivity contribution < 1.29 is 0 Å². The highest BCUT2D eigenvalue weighted by Crippen LogP contribution is 2.66. The van der Waals surface area contributed by atoms with Crippen LogP contribution < -0.4 is 9.80 Å². The molecule has 7 aromatic carbocycles. The van der Waals surface area contributed by atoms with Crippen molar-refractivity contribution in [2.45, 2.75) is 39.0 Å². The van der Waals surface area contributed by atoms with Gasteiger partial charge in [0.1, 0.15) is 0 Å². The van der Waals surface area contributed by atoms with E-state index in [4.69, 9.17) is 0 Å². The van der Waals surface area contributed by atoms with Gasteiger partial charge in [0.25, 0.3) is 0 Å². The monoisotopic (exact) mass is 708 g/mol. The van der Waals surface area contributed by atoms with Crippen LogP contribution in [0.5, 0.6) is 0 Å². The quantitative estimate of drug-likeness (QED) is 0.170. The number of aryl methyl sites for hydroxylation is 4. The first-order valence-corrected chi connectivity index (χ1v) is 19.5. The van der Waals surface area contributed by atoms with E-state index >= 15 is 0 Å². The predicted octanol–water partition coefficient (Wildman–Crippen LogP) is 14.0. The summed E-state index contributed by atoms with van der Waals surface area (Å²) in [6, 6.07) is 59.4. The number of hydrogen-bond acceptors (Lipinski definition) is 2. The highest BCUT2D eigenvalue weighted by Gasteiger charge is 2.57. The molecule has 0 amide bonds. The third kappa shape index (κ3) is 5.23. The Morgan fingerprint density at radius 2 is 0.764 bits per heavy atom. The molecule has 2 nitrogen and oxygen atoms in total. The Morgan fingerprint density at radius 3 is 1.20 bits per heavy atom. The van der Waals surface area contributed by atoms with Gasteiger partial charge in [-0.15, -0.1) is 0 Å². The first-order chi connectivity index (χ1) is 26.9. The van der Waals surface area contributed by atoms with Gasteiger partial charge in [-0.05, 0) is 134 Å². The second kappa shape index (κ2) is 12.9. The summed E-state index contributed by atoms with van der Waals surface area (Å²) in [7, 11) is 0. The van der Waals surface area contributed by atoms with E-state index in [0.29, 0.717) is 0 Å². The minimum absolute atomic E-state index is 0.222. The second-order valence-corrected chi connectivity index (χ2v) is 15.7. The lowest BCUT2D eigenvalue weighted by Crippen LogP contribution is -2.33. The first kappa shape index (κ1) is 33.2. The van der Waals surface area contributed by atoms with Crippen molar-refractivity contribution in [2.24, 2.45) is 5.92 Å². The Morgan fingerprint density at radius 1 is 0.382 bits per heavy atom. The van der Waals surface area contributed by atoms with Crippen LogP contribution >= 0.6 is 0 Å². The Labute approximate surface area is 325 Å². The van der Waals surface area contributed by atoms with Gasteiger partial charge in [-0.1, -0.05) is 131 Å². The third-order valence-electron chi connectivity index (χ3n) is 12.2. The van der Waals surface area contributed by atoms with Gasteiger partial charge in [0.15, 0.2) is 0 Å². The molecule has 3 aliphatic carbocycles. The second-order valence-electron chi connectivity index (χ2n) is 15.7. The lowest BCUT2D eigenvalue weighted by molar-refractivity contribution is 0.465. The van der Waals surface area contributed by atoms with Gasteiger partial charge >= 0.3 is 0 Å². The van der Waals surface area contributed by atoms with Crippen molar-refractivity contribution in [2.75, 3.05) is 9.80 Å². The van der Waals surface area contributed by atoms with E-state index in [1.165, 1.54) is 55.6 Å². The van der Waals surface area contributed by atoms with Crippen molar-refractivity contribution in [1.82, 2.24) is 0 Å². The maximum atomic E-state index is 2.51. The average Bonchev–Trinajstić information content (AvgIpc) is 3.68. The summed E-state index contributed by atoms with van der Waals surface area (Å²) in [5.74, 6) is 0.503. The van der Waals surface area contributed by atoms with E-state index in [0.717, 1.165) is 34.1 Å². The molecule has 0 saturated heterocycles. The number of nitrogens with zero attached hydrogens (tertiary/aromatic N) is 2. The van der Waals surface area contributed by atoms with E-state index in [-0.39, 0.29) is 11.8 Å². The standard InChI is InChI=1S/C53H44N2/c1-35-13-21-39(22-14-35)54(40-23-15-36(2)16-24-40)43-29-31-47-48-32-30-44(55(41-25-17-37(3)18-26-41)42-27-19-38(4)20-28-42)34-52(48)53(51(47)33-43)49-11-7-5-9-45(49)46-10-6-8-12-50(46)53/h5-34,45,49H,1-4H3. The van der Waals surface area contributed by atoms with Crippen LogP contribution in [0.2, 0.25) is 0 Å². The number of anilines is 6. The van der Waals surface area contributed by atoms with Crippen LogP contribution in [0.3, 0.4) is 0 Å². The molecule has 0 N–H and O–H groups in total. The summed E-state index contributed by atoms with van der Waals surface area (Å²) in [6.45, 7) is 8.63. The largest absolute Gasteiger partial charge is 0.310 e. The molecule has 266 valence electrons. The molecule has 0 fully saturated rings. The topological polar surface area (TPSA) is 6.48 Å². The van der Waals surface area contributed by atoms with Crippen LogP contribution in [-0.2, 0) is 5.41 Å². The highest BCUT2D eigenvalue weighted by atomic mass is 15.1. The third-order valence-corrected chi connectivity index (χ3v) is 12.2. The SMILES string of the molecule is Cc1ccc(N(c2ccc(C)cc2)c2ccc3c(c2)C2(c4cc(N(c5ccc(C)cc5)c5ccc(C)cc5)ccc4-3)c3ccccc3C3C=CC=CC32)cc1. The van der Waals surface area contributed by atoms with E-state index < -0.39 is 5.41 Å². The van der Waals surface area contributed by atoms with Crippen molar-refractivity contribution in [3.8, 4) is 11.1 Å². The number of rotatable bonds is 6. The van der Waals surface area contributed by atoms with Crippen LogP contribution in [0.15, 0.2) is 182 Å². The van der Waals surface area contributed by atoms with E-state index in [9.17, 15) is 0 Å². The smallest absolute Gasteiger partial charge is 0.0539 e. The fraction of sp³-hybridized carbons (Fsp3) is 0.132. The zero-order valence-corrected chi connectivity index (χ0v) is 31.9. The van der Waals surface area contributed by atoms with Crippen LogP contribution in [0.1, 0.15) is 50.4 Å². The summed E-state index contributed by atoms with van der Waals surface area (Å²) in [6.07, 6.45) is 9.43. The van der Waals surface area contributed by atoms with Crippen molar-refractivity contribution in [1.29, 1.82) is 0 Å². The predicted molar refractivity (Wildman–Crippen MR) is 231 cm³/mol. The molecule has 2 unspecified atom stereocenters. The summed E-state index contributed by atoms with van der Waals surface area (Å²) in [5, 5.41) is 0. The molecule has 2 atom stereocenters. The molecule has 10 rings (SSSR count). The van der Waals surface area contributed by atoms with Crippen LogP contribution in [0, 0.1) is 33.6 Å². The van der Waals surface area contributed by atoms with Crippen molar-refractivity contribution in [3.63, 3.8) is 0 Å². The minimum Gasteiger partial charge on any atom is -0.310 e. The van der Waals surface area contributed by atoms with E-state index in [1.807, 2.05) is 0 Å². The van der Waals surface area contributed by atoms with Gasteiger partial charge in [-0.25, -0.2) is 0 Å². The van der Waals surface area contributed by atoms with Crippen molar-refractivity contribution in [3.05, 3.63) is 227 Å². The fourth-order valence-electron chi connectivity index (χ4n) is 9.57. The molecular formula is C53H44N2. The molecule has 0 radical (unpaired) electrons. The average molecular weight is 709 g/mol. The molecule has 0 aliphatic heterocycles. The van der Waals surface area contributed by atoms with Crippen LogP contribution in [0.25, 0.3) is 11.1 Å². The zero-order valence-electron chi connectivity index (χ0n) is 31.9. The van der Waals surface area contributed by atoms with Gasteiger partial charge < -0.3 is 9.80 Å². The maximum absolute atomic E-state index is 2.51. The van der Waals surface area contributed by atoms with Crippen LogP contribution in [-0.4, -0.2) is 0 Å². The summed E-state index contributed by atoms with van der Waals surface area (Å²) < 4.78 is 0. The highest BCUT2D eigenvalue weighted by molar-refractivity contribution is 5.91. The summed E-state index contributed by atoms with van der Waals surface area (Å²) in [4.78, 5) is 4.85. The minimum atomic E-state index is -0.391. The molecule has 3 aliphatic rings. The molecule has 1 spiro atoms. The molecule has 0 heterocycles. The number of fused-ring (bicyclic) bond motifs is 10. The summed E-state index contributed by atoms with van der Waals surface area (Å²) in [5.41, 5.74) is 19.8. The first-order valence-electron chi connectivity index (χ1n) is 19.5. The fourth-order valence-corrected chi connectivity index (χ4v) is 9.57. The molecule has 0 aromatic heterocycles. The Kier molecular flexibility index (Phi) is 7.78. The Hall–Kier alpha value is -6.38. The van der Waals surface area contributed by atoms with Gasteiger partial charge in [0, 0.05) is 46.0 Å². The lowest BCUT2D eigenvalue weighted by atomic mass is 9.65. The summed E-state index contributed by atoms with van der Waals surface area (Å²) >= 11 is 0. The molecular weight excluding hydrogens is 665 g/mol. The molecule has 0 saturated carbocycles. The van der Waals surface area contributed by atoms with Crippen molar-refractivity contribution >= 4 is 34.1 Å². The van der Waals surface area contributed by atoms with Crippen LogP contribution in [0.4, 0.5) is 34.1 Å². The van der Waals surface area contributed by atoms with E-state index in [2.05, 4.69) is 220 Å².